The average molecular weight is 350 g/mol. The molecule has 0 saturated heterocycles. The molecule has 6 nitrogen and oxygen atoms in total. The zero-order valence-electron chi connectivity index (χ0n) is 14.8. The van der Waals surface area contributed by atoms with Crippen molar-refractivity contribution in [3.63, 3.8) is 0 Å². The first-order valence-corrected chi connectivity index (χ1v) is 9.57. The molecule has 0 aliphatic rings. The van der Waals surface area contributed by atoms with E-state index in [0.29, 0.717) is 29.4 Å². The predicted octanol–water partition coefficient (Wildman–Crippen LogP) is 1.93. The quantitative estimate of drug-likeness (QED) is 0.739. The number of nitrogens with zero attached hydrogens (tertiary/aromatic N) is 3. The molecule has 7 heteroatoms. The van der Waals surface area contributed by atoms with Gasteiger partial charge in [0.05, 0.1) is 17.9 Å². The zero-order valence-corrected chi connectivity index (χ0v) is 15.6. The fourth-order valence-electron chi connectivity index (χ4n) is 2.71. The second-order valence-electron chi connectivity index (χ2n) is 5.82. The number of likely N-dealkylation sites (N-methyl/N-ethyl adjacent to an activating group) is 1. The molecule has 0 spiro atoms. The number of hydrogen-bond donors (Lipinski definition) is 1. The van der Waals surface area contributed by atoms with E-state index in [9.17, 15) is 8.42 Å². The van der Waals surface area contributed by atoms with E-state index in [0.717, 1.165) is 18.7 Å². The van der Waals surface area contributed by atoms with Gasteiger partial charge in [-0.05, 0) is 26.0 Å². The van der Waals surface area contributed by atoms with E-state index in [-0.39, 0.29) is 0 Å². The number of aryl methyl sites for hydroxylation is 1. The van der Waals surface area contributed by atoms with Crippen molar-refractivity contribution in [1.82, 2.24) is 19.4 Å². The third-order valence-electron chi connectivity index (χ3n) is 3.98. The molecule has 0 amide bonds. The molecule has 0 aliphatic heterocycles. The van der Waals surface area contributed by atoms with Gasteiger partial charge in [-0.15, -0.1) is 0 Å². The normalized spacial score (nSPS) is 12.0. The molecular formula is C17H26N4O2S. The molecule has 1 N–H and O–H groups in total. The van der Waals surface area contributed by atoms with Gasteiger partial charge in [0.2, 0.25) is 10.0 Å². The second-order valence-corrected chi connectivity index (χ2v) is 7.81. The highest BCUT2D eigenvalue weighted by molar-refractivity contribution is 7.89. The van der Waals surface area contributed by atoms with Crippen LogP contribution in [0, 0.1) is 13.8 Å². The van der Waals surface area contributed by atoms with Crippen LogP contribution in [-0.4, -0.2) is 42.6 Å². The van der Waals surface area contributed by atoms with Crippen molar-refractivity contribution in [1.29, 1.82) is 0 Å². The Morgan fingerprint density at radius 2 is 1.88 bits per heavy atom. The largest absolute Gasteiger partial charge is 0.315 e. The van der Waals surface area contributed by atoms with Crippen molar-refractivity contribution in [3.8, 4) is 0 Å². The van der Waals surface area contributed by atoms with Crippen molar-refractivity contribution in [3.05, 3.63) is 47.3 Å². The van der Waals surface area contributed by atoms with Crippen LogP contribution >= 0.6 is 0 Å². The SMILES string of the molecule is CCNCCn1nc(C)c(S(=O)(=O)N(C)Cc2ccccc2)c1C. The summed E-state index contributed by atoms with van der Waals surface area (Å²) in [7, 11) is -1.97. The number of aromatic nitrogens is 2. The number of nitrogens with one attached hydrogen (secondary N) is 1. The van der Waals surface area contributed by atoms with E-state index in [1.54, 1.807) is 18.7 Å². The number of rotatable bonds is 8. The molecule has 24 heavy (non-hydrogen) atoms. The molecule has 0 radical (unpaired) electrons. The fourth-order valence-corrected chi connectivity index (χ4v) is 4.24. The maximum absolute atomic E-state index is 13.0. The molecule has 2 rings (SSSR count). The van der Waals surface area contributed by atoms with Gasteiger partial charge < -0.3 is 5.32 Å². The van der Waals surface area contributed by atoms with Gasteiger partial charge in [0.1, 0.15) is 4.90 Å². The Hall–Kier alpha value is -1.70. The molecule has 0 atom stereocenters. The van der Waals surface area contributed by atoms with Gasteiger partial charge in [-0.2, -0.15) is 9.40 Å². The molecule has 0 fully saturated rings. The standard InChI is InChI=1S/C17H26N4O2S/c1-5-18-11-12-21-15(3)17(14(2)19-21)24(22,23)20(4)13-16-9-7-6-8-10-16/h6-10,18H,5,11-13H2,1-4H3. The topological polar surface area (TPSA) is 67.2 Å². The van der Waals surface area contributed by atoms with Crippen LogP contribution in [0.4, 0.5) is 0 Å². The molecule has 0 aliphatic carbocycles. The molecular weight excluding hydrogens is 324 g/mol. The van der Waals surface area contributed by atoms with E-state index in [4.69, 9.17) is 0 Å². The highest BCUT2D eigenvalue weighted by Gasteiger charge is 2.28. The van der Waals surface area contributed by atoms with Crippen LogP contribution in [0.15, 0.2) is 35.2 Å². The lowest BCUT2D eigenvalue weighted by molar-refractivity contribution is 0.465. The van der Waals surface area contributed by atoms with Crippen LogP contribution in [-0.2, 0) is 23.1 Å². The van der Waals surface area contributed by atoms with Gasteiger partial charge in [0, 0.05) is 20.1 Å². The fraction of sp³-hybridized carbons (Fsp3) is 0.471. The maximum Gasteiger partial charge on any atom is 0.246 e. The Balaban J connectivity index is 2.25. The highest BCUT2D eigenvalue weighted by atomic mass is 32.2. The van der Waals surface area contributed by atoms with Crippen molar-refractivity contribution >= 4 is 10.0 Å². The third kappa shape index (κ3) is 4.03. The molecule has 1 aromatic heterocycles. The van der Waals surface area contributed by atoms with Crippen molar-refractivity contribution < 1.29 is 8.42 Å². The van der Waals surface area contributed by atoms with Crippen LogP contribution in [0.25, 0.3) is 0 Å². The number of hydrogen-bond acceptors (Lipinski definition) is 4. The predicted molar refractivity (Wildman–Crippen MR) is 95.3 cm³/mol. The average Bonchev–Trinajstić information content (AvgIpc) is 2.83. The lowest BCUT2D eigenvalue weighted by atomic mass is 10.2. The summed E-state index contributed by atoms with van der Waals surface area (Å²) in [4.78, 5) is 0.317. The minimum Gasteiger partial charge on any atom is -0.315 e. The van der Waals surface area contributed by atoms with Gasteiger partial charge in [0.25, 0.3) is 0 Å². The summed E-state index contributed by atoms with van der Waals surface area (Å²) < 4.78 is 29.1. The zero-order chi connectivity index (χ0) is 17.7. The van der Waals surface area contributed by atoms with Gasteiger partial charge in [-0.1, -0.05) is 37.3 Å². The van der Waals surface area contributed by atoms with Crippen LogP contribution in [0.2, 0.25) is 0 Å². The molecule has 1 heterocycles. The number of sulfonamides is 1. The Bertz CT molecular complexity index is 769. The first-order chi connectivity index (χ1) is 11.4. The van der Waals surface area contributed by atoms with Crippen molar-refractivity contribution in [2.75, 3.05) is 20.1 Å². The van der Waals surface area contributed by atoms with Gasteiger partial charge >= 0.3 is 0 Å². The highest BCUT2D eigenvalue weighted by Crippen LogP contribution is 2.23. The molecule has 132 valence electrons. The first kappa shape index (κ1) is 18.6. The molecule has 1 aromatic carbocycles. The Morgan fingerprint density at radius 3 is 2.50 bits per heavy atom. The Morgan fingerprint density at radius 1 is 1.21 bits per heavy atom. The molecule has 0 saturated carbocycles. The lowest BCUT2D eigenvalue weighted by Gasteiger charge is -2.17. The smallest absolute Gasteiger partial charge is 0.246 e. The van der Waals surface area contributed by atoms with Crippen LogP contribution in [0.1, 0.15) is 23.9 Å². The second kappa shape index (κ2) is 7.92. The van der Waals surface area contributed by atoms with E-state index in [1.165, 1.54) is 4.31 Å². The first-order valence-electron chi connectivity index (χ1n) is 8.13. The van der Waals surface area contributed by atoms with Gasteiger partial charge in [-0.25, -0.2) is 8.42 Å². The van der Waals surface area contributed by atoms with E-state index >= 15 is 0 Å². The van der Waals surface area contributed by atoms with Crippen molar-refractivity contribution in [2.45, 2.75) is 38.8 Å². The van der Waals surface area contributed by atoms with Crippen molar-refractivity contribution in [2.24, 2.45) is 0 Å². The third-order valence-corrected chi connectivity index (χ3v) is 6.04. The van der Waals surface area contributed by atoms with E-state index in [2.05, 4.69) is 10.4 Å². The Labute approximate surface area is 144 Å². The molecule has 0 unspecified atom stereocenters. The number of benzene rings is 1. The van der Waals surface area contributed by atoms with Crippen LogP contribution in [0.5, 0.6) is 0 Å². The summed E-state index contributed by atoms with van der Waals surface area (Å²) in [5.41, 5.74) is 2.19. The van der Waals surface area contributed by atoms with Crippen LogP contribution < -0.4 is 5.32 Å². The minimum absolute atomic E-state index is 0.317. The van der Waals surface area contributed by atoms with Gasteiger partial charge in [-0.3, -0.25) is 4.68 Å². The van der Waals surface area contributed by atoms with Gasteiger partial charge in [0.15, 0.2) is 0 Å². The van der Waals surface area contributed by atoms with E-state index in [1.807, 2.05) is 44.2 Å². The van der Waals surface area contributed by atoms with E-state index < -0.39 is 10.0 Å². The summed E-state index contributed by atoms with van der Waals surface area (Å²) in [6, 6.07) is 9.58. The maximum atomic E-state index is 13.0. The summed E-state index contributed by atoms with van der Waals surface area (Å²) in [5, 5.41) is 7.63. The minimum atomic E-state index is -3.58. The summed E-state index contributed by atoms with van der Waals surface area (Å²) in [6.07, 6.45) is 0. The summed E-state index contributed by atoms with van der Waals surface area (Å²) >= 11 is 0. The lowest BCUT2D eigenvalue weighted by Crippen LogP contribution is -2.27. The van der Waals surface area contributed by atoms with Crippen LogP contribution in [0.3, 0.4) is 0 Å². The molecule has 0 bridgehead atoms. The monoisotopic (exact) mass is 350 g/mol. The summed E-state index contributed by atoms with van der Waals surface area (Å²) in [5.74, 6) is 0. The Kier molecular flexibility index (Phi) is 6.15. The summed E-state index contributed by atoms with van der Waals surface area (Å²) in [6.45, 7) is 8.23. The molecule has 2 aromatic rings.